The summed E-state index contributed by atoms with van der Waals surface area (Å²) in [6.07, 6.45) is 0. The molecule has 0 heterocycles. The van der Waals surface area contributed by atoms with Crippen LogP contribution in [0.15, 0.2) is 42.5 Å². The minimum Gasteiger partial charge on any atom is -0.496 e. The second-order valence-corrected chi connectivity index (χ2v) is 3.49. The van der Waals surface area contributed by atoms with Crippen molar-refractivity contribution in [2.45, 2.75) is 6.54 Å². The SMILES string of the molecule is COc1c[c]ccc1-c1ccccc1CN. The Bertz CT molecular complexity index is 434. The molecule has 0 spiro atoms. The lowest BCUT2D eigenvalue weighted by Crippen LogP contribution is -1.99. The second kappa shape index (κ2) is 4.81. The van der Waals surface area contributed by atoms with Crippen molar-refractivity contribution in [1.82, 2.24) is 0 Å². The summed E-state index contributed by atoms with van der Waals surface area (Å²) in [7, 11) is 1.66. The predicted octanol–water partition coefficient (Wildman–Crippen LogP) is 2.62. The largest absolute Gasteiger partial charge is 0.496 e. The van der Waals surface area contributed by atoms with E-state index in [0.717, 1.165) is 22.4 Å². The van der Waals surface area contributed by atoms with Crippen LogP contribution >= 0.6 is 0 Å². The quantitative estimate of drug-likeness (QED) is 0.848. The fraction of sp³-hybridized carbons (Fsp3) is 0.143. The number of hydrogen-bond acceptors (Lipinski definition) is 2. The van der Waals surface area contributed by atoms with Crippen LogP contribution in [-0.2, 0) is 6.54 Å². The van der Waals surface area contributed by atoms with Crippen LogP contribution in [0.5, 0.6) is 5.75 Å². The first-order valence-corrected chi connectivity index (χ1v) is 5.19. The van der Waals surface area contributed by atoms with Gasteiger partial charge in [-0.25, -0.2) is 0 Å². The van der Waals surface area contributed by atoms with E-state index < -0.39 is 0 Å². The molecule has 0 saturated carbocycles. The number of rotatable bonds is 3. The molecular formula is C14H14NO. The van der Waals surface area contributed by atoms with Gasteiger partial charge in [-0.15, -0.1) is 0 Å². The Morgan fingerprint density at radius 2 is 2.00 bits per heavy atom. The van der Waals surface area contributed by atoms with Gasteiger partial charge >= 0.3 is 0 Å². The molecule has 2 nitrogen and oxygen atoms in total. The van der Waals surface area contributed by atoms with Crippen molar-refractivity contribution in [3.63, 3.8) is 0 Å². The monoisotopic (exact) mass is 212 g/mol. The highest BCUT2D eigenvalue weighted by Gasteiger charge is 2.07. The van der Waals surface area contributed by atoms with Gasteiger partial charge in [0.05, 0.1) is 7.11 Å². The van der Waals surface area contributed by atoms with E-state index in [1.807, 2.05) is 36.4 Å². The van der Waals surface area contributed by atoms with Crippen molar-refractivity contribution in [3.05, 3.63) is 54.1 Å². The van der Waals surface area contributed by atoms with Gasteiger partial charge in [0.1, 0.15) is 5.75 Å². The van der Waals surface area contributed by atoms with Gasteiger partial charge in [-0.05, 0) is 23.3 Å². The third-order valence-electron chi connectivity index (χ3n) is 2.57. The van der Waals surface area contributed by atoms with Crippen LogP contribution in [0.25, 0.3) is 11.1 Å². The number of ether oxygens (including phenoxy) is 1. The van der Waals surface area contributed by atoms with Crippen LogP contribution < -0.4 is 10.5 Å². The van der Waals surface area contributed by atoms with Crippen molar-refractivity contribution in [2.24, 2.45) is 5.73 Å². The van der Waals surface area contributed by atoms with Gasteiger partial charge in [0, 0.05) is 12.1 Å². The normalized spacial score (nSPS) is 10.1. The van der Waals surface area contributed by atoms with Crippen LogP contribution in [-0.4, -0.2) is 7.11 Å². The molecule has 0 aliphatic rings. The van der Waals surface area contributed by atoms with Gasteiger partial charge in [0.15, 0.2) is 0 Å². The first-order valence-electron chi connectivity index (χ1n) is 5.19. The fourth-order valence-corrected chi connectivity index (χ4v) is 1.77. The van der Waals surface area contributed by atoms with E-state index in [4.69, 9.17) is 10.5 Å². The Morgan fingerprint density at radius 3 is 2.75 bits per heavy atom. The van der Waals surface area contributed by atoms with Crippen molar-refractivity contribution < 1.29 is 4.74 Å². The third-order valence-corrected chi connectivity index (χ3v) is 2.57. The van der Waals surface area contributed by atoms with Gasteiger partial charge in [-0.3, -0.25) is 0 Å². The summed E-state index contributed by atoms with van der Waals surface area (Å²) in [5, 5.41) is 0. The van der Waals surface area contributed by atoms with Crippen LogP contribution in [0.3, 0.4) is 0 Å². The van der Waals surface area contributed by atoms with E-state index in [-0.39, 0.29) is 0 Å². The molecule has 1 radical (unpaired) electrons. The molecule has 0 fully saturated rings. The minimum atomic E-state index is 0.526. The highest BCUT2D eigenvalue weighted by atomic mass is 16.5. The van der Waals surface area contributed by atoms with Crippen LogP contribution in [0.2, 0.25) is 0 Å². The summed E-state index contributed by atoms with van der Waals surface area (Å²) in [5.41, 5.74) is 9.03. The molecule has 0 unspecified atom stereocenters. The molecule has 2 N–H and O–H groups in total. The summed E-state index contributed by atoms with van der Waals surface area (Å²) in [6, 6.07) is 16.8. The maximum Gasteiger partial charge on any atom is 0.127 e. The van der Waals surface area contributed by atoms with Crippen LogP contribution in [0.4, 0.5) is 0 Å². The Labute approximate surface area is 95.7 Å². The lowest BCUT2D eigenvalue weighted by Gasteiger charge is -2.11. The van der Waals surface area contributed by atoms with Crippen molar-refractivity contribution in [2.75, 3.05) is 7.11 Å². The first-order chi connectivity index (χ1) is 7.86. The second-order valence-electron chi connectivity index (χ2n) is 3.49. The molecule has 0 aliphatic heterocycles. The molecule has 0 amide bonds. The predicted molar refractivity (Wildman–Crippen MR) is 65.2 cm³/mol. The zero-order valence-electron chi connectivity index (χ0n) is 9.23. The average Bonchev–Trinajstić information content (AvgIpc) is 2.38. The molecule has 2 heteroatoms. The van der Waals surface area contributed by atoms with Gasteiger partial charge in [-0.2, -0.15) is 0 Å². The fourth-order valence-electron chi connectivity index (χ4n) is 1.77. The van der Waals surface area contributed by atoms with Gasteiger partial charge in [0.2, 0.25) is 0 Å². The van der Waals surface area contributed by atoms with Crippen molar-refractivity contribution in [3.8, 4) is 16.9 Å². The molecule has 2 aromatic carbocycles. The number of methoxy groups -OCH3 is 1. The van der Waals surface area contributed by atoms with E-state index in [0.29, 0.717) is 6.54 Å². The van der Waals surface area contributed by atoms with Gasteiger partial charge in [0.25, 0.3) is 0 Å². The van der Waals surface area contributed by atoms with Gasteiger partial charge in [-0.1, -0.05) is 36.4 Å². The van der Waals surface area contributed by atoms with E-state index in [1.165, 1.54) is 0 Å². The topological polar surface area (TPSA) is 35.2 Å². The summed E-state index contributed by atoms with van der Waals surface area (Å²) >= 11 is 0. The van der Waals surface area contributed by atoms with E-state index in [2.05, 4.69) is 12.1 Å². The molecule has 81 valence electrons. The molecule has 0 atom stereocenters. The third kappa shape index (κ3) is 1.92. The molecule has 2 aromatic rings. The van der Waals surface area contributed by atoms with Crippen LogP contribution in [0.1, 0.15) is 5.56 Å². The summed E-state index contributed by atoms with van der Waals surface area (Å²) in [4.78, 5) is 0. The smallest absolute Gasteiger partial charge is 0.127 e. The Hall–Kier alpha value is -1.80. The van der Waals surface area contributed by atoms with E-state index >= 15 is 0 Å². The van der Waals surface area contributed by atoms with Crippen molar-refractivity contribution in [1.29, 1.82) is 0 Å². The molecule has 0 bridgehead atoms. The van der Waals surface area contributed by atoms with Crippen molar-refractivity contribution >= 4 is 0 Å². The Balaban J connectivity index is 2.58. The maximum atomic E-state index is 5.73. The molecule has 0 saturated heterocycles. The average molecular weight is 212 g/mol. The Morgan fingerprint density at radius 1 is 1.19 bits per heavy atom. The minimum absolute atomic E-state index is 0.526. The van der Waals surface area contributed by atoms with E-state index in [9.17, 15) is 0 Å². The number of nitrogens with two attached hydrogens (primary N) is 1. The molecule has 16 heavy (non-hydrogen) atoms. The number of hydrogen-bond donors (Lipinski definition) is 1. The lowest BCUT2D eigenvalue weighted by molar-refractivity contribution is 0.416. The number of benzene rings is 2. The Kier molecular flexibility index (Phi) is 3.22. The van der Waals surface area contributed by atoms with E-state index in [1.54, 1.807) is 7.11 Å². The van der Waals surface area contributed by atoms with Crippen LogP contribution in [0, 0.1) is 6.07 Å². The lowest BCUT2D eigenvalue weighted by atomic mass is 9.99. The highest BCUT2D eigenvalue weighted by Crippen LogP contribution is 2.31. The summed E-state index contributed by atoms with van der Waals surface area (Å²) < 4.78 is 5.33. The molecule has 0 aromatic heterocycles. The summed E-state index contributed by atoms with van der Waals surface area (Å²) in [5.74, 6) is 0.823. The first kappa shape index (κ1) is 10.7. The zero-order valence-corrected chi connectivity index (χ0v) is 9.23. The standard InChI is InChI=1S/C14H14NO/c1-16-14-9-5-4-8-13(14)12-7-3-2-6-11(12)10-15/h2-4,6-9H,10,15H2,1H3. The molecule has 0 aliphatic carbocycles. The molecular weight excluding hydrogens is 198 g/mol. The highest BCUT2D eigenvalue weighted by molar-refractivity contribution is 5.73. The molecule has 2 rings (SSSR count). The maximum absolute atomic E-state index is 5.73. The summed E-state index contributed by atoms with van der Waals surface area (Å²) in [6.45, 7) is 0.526. The van der Waals surface area contributed by atoms with Gasteiger partial charge < -0.3 is 10.5 Å². The zero-order chi connectivity index (χ0) is 11.4.